The Bertz CT molecular complexity index is 729. The van der Waals surface area contributed by atoms with E-state index in [0.717, 1.165) is 0 Å². The zero-order valence-electron chi connectivity index (χ0n) is 10.6. The second-order valence-electron chi connectivity index (χ2n) is 4.51. The van der Waals surface area contributed by atoms with Crippen molar-refractivity contribution in [3.8, 4) is 0 Å². The van der Waals surface area contributed by atoms with Gasteiger partial charge in [0.1, 0.15) is 5.69 Å². The summed E-state index contributed by atoms with van der Waals surface area (Å²) in [4.78, 5) is 24.5. The Morgan fingerprint density at radius 2 is 1.80 bits per heavy atom. The summed E-state index contributed by atoms with van der Waals surface area (Å²) in [5, 5.41) is 8.71. The first-order chi connectivity index (χ1) is 9.12. The Hall–Kier alpha value is -2.31. The van der Waals surface area contributed by atoms with Crippen molar-refractivity contribution in [2.75, 3.05) is 0 Å². The highest BCUT2D eigenvalue weighted by Crippen LogP contribution is 2.37. The average Bonchev–Trinajstić information content (AvgIpc) is 2.66. The molecule has 0 aliphatic carbocycles. The van der Waals surface area contributed by atoms with E-state index in [9.17, 15) is 22.8 Å². The minimum atomic E-state index is -4.83. The van der Waals surface area contributed by atoms with Crippen molar-refractivity contribution in [1.82, 2.24) is 4.98 Å². The van der Waals surface area contributed by atoms with E-state index in [1.165, 1.54) is 13.0 Å². The molecule has 0 aliphatic rings. The van der Waals surface area contributed by atoms with Crippen molar-refractivity contribution >= 4 is 22.7 Å². The van der Waals surface area contributed by atoms with Crippen LogP contribution in [0.3, 0.4) is 0 Å². The molecule has 0 spiro atoms. The number of rotatable bonds is 2. The van der Waals surface area contributed by atoms with Crippen LogP contribution in [0.4, 0.5) is 13.2 Å². The quantitative estimate of drug-likeness (QED) is 0.658. The maximum Gasteiger partial charge on any atom is 0.432 e. The van der Waals surface area contributed by atoms with E-state index in [1.54, 1.807) is 13.0 Å². The van der Waals surface area contributed by atoms with Gasteiger partial charge in [-0.2, -0.15) is 13.2 Å². The molecule has 4 nitrogen and oxygen atoms in total. The van der Waals surface area contributed by atoms with Gasteiger partial charge in [0.2, 0.25) is 0 Å². The largest absolute Gasteiger partial charge is 0.475 e. The van der Waals surface area contributed by atoms with Gasteiger partial charge in [0.25, 0.3) is 5.78 Å². The van der Waals surface area contributed by atoms with Gasteiger partial charge in [-0.05, 0) is 31.0 Å². The second kappa shape index (κ2) is 4.36. The molecule has 2 aromatic rings. The molecule has 0 amide bonds. The minimum Gasteiger partial charge on any atom is -0.475 e. The summed E-state index contributed by atoms with van der Waals surface area (Å²) in [6.45, 7) is 3.22. The van der Waals surface area contributed by atoms with E-state index >= 15 is 0 Å². The van der Waals surface area contributed by atoms with Crippen LogP contribution in [0.25, 0.3) is 10.9 Å². The number of nitrogens with one attached hydrogen (secondary N) is 1. The number of alkyl halides is 3. The summed E-state index contributed by atoms with van der Waals surface area (Å²) in [5.41, 5.74) is -0.943. The summed E-state index contributed by atoms with van der Waals surface area (Å²) in [7, 11) is 0. The Kier molecular flexibility index (Phi) is 3.08. The number of carboxylic acids is 1. The normalized spacial score (nSPS) is 11.8. The third-order valence-corrected chi connectivity index (χ3v) is 2.94. The van der Waals surface area contributed by atoms with Crippen LogP contribution < -0.4 is 0 Å². The third-order valence-electron chi connectivity index (χ3n) is 2.94. The molecule has 2 rings (SSSR count). The molecule has 0 fully saturated rings. The number of aromatic amines is 1. The number of carbonyl (C=O) groups excluding carboxylic acids is 1. The number of fused-ring (bicyclic) bond motifs is 1. The fourth-order valence-corrected chi connectivity index (χ4v) is 2.27. The van der Waals surface area contributed by atoms with Crippen molar-refractivity contribution < 1.29 is 27.9 Å². The number of aryl methyl sites for hydroxylation is 2. The van der Waals surface area contributed by atoms with E-state index in [0.29, 0.717) is 11.1 Å². The molecule has 1 heterocycles. The van der Waals surface area contributed by atoms with Crippen LogP contribution in [0.5, 0.6) is 0 Å². The highest BCUT2D eigenvalue weighted by atomic mass is 19.4. The maximum absolute atomic E-state index is 13.0. The molecule has 20 heavy (non-hydrogen) atoms. The predicted molar refractivity (Wildman–Crippen MR) is 64.7 cm³/mol. The smallest absolute Gasteiger partial charge is 0.432 e. The molecular formula is C13H10F3NO3. The van der Waals surface area contributed by atoms with E-state index < -0.39 is 29.2 Å². The van der Waals surface area contributed by atoms with Crippen molar-refractivity contribution in [2.24, 2.45) is 0 Å². The van der Waals surface area contributed by atoms with Crippen LogP contribution in [-0.2, 0) is 11.0 Å². The first kappa shape index (κ1) is 14.1. The second-order valence-corrected chi connectivity index (χ2v) is 4.51. The first-order valence-corrected chi connectivity index (χ1v) is 5.60. The van der Waals surface area contributed by atoms with Gasteiger partial charge < -0.3 is 10.1 Å². The molecule has 1 aromatic heterocycles. The van der Waals surface area contributed by atoms with Gasteiger partial charge in [0, 0.05) is 10.9 Å². The van der Waals surface area contributed by atoms with E-state index in [4.69, 9.17) is 5.11 Å². The van der Waals surface area contributed by atoms with Gasteiger partial charge in [0.05, 0.1) is 5.56 Å². The van der Waals surface area contributed by atoms with E-state index in [1.807, 2.05) is 0 Å². The fraction of sp³-hybridized carbons (Fsp3) is 0.231. The molecule has 0 saturated carbocycles. The van der Waals surface area contributed by atoms with Crippen LogP contribution in [0.2, 0.25) is 0 Å². The van der Waals surface area contributed by atoms with Crippen LogP contribution in [-0.4, -0.2) is 21.8 Å². The summed E-state index contributed by atoms with van der Waals surface area (Å²) >= 11 is 0. The van der Waals surface area contributed by atoms with Crippen molar-refractivity contribution in [2.45, 2.75) is 20.0 Å². The highest BCUT2D eigenvalue weighted by molar-refractivity contribution is 6.42. The SMILES string of the molecule is Cc1cc(C)c2c(C(=O)C(=O)O)c(C(F)(F)F)[nH]c2c1. The number of carbonyl (C=O) groups is 2. The zero-order chi connectivity index (χ0) is 15.2. The van der Waals surface area contributed by atoms with Gasteiger partial charge in [-0.15, -0.1) is 0 Å². The Balaban J connectivity index is 2.93. The molecule has 0 atom stereocenters. The van der Waals surface area contributed by atoms with Crippen LogP contribution >= 0.6 is 0 Å². The number of hydrogen-bond donors (Lipinski definition) is 2. The molecule has 0 radical (unpaired) electrons. The van der Waals surface area contributed by atoms with Gasteiger partial charge in [-0.3, -0.25) is 4.79 Å². The number of hydrogen-bond acceptors (Lipinski definition) is 2. The fourth-order valence-electron chi connectivity index (χ4n) is 2.27. The highest BCUT2D eigenvalue weighted by Gasteiger charge is 2.40. The molecule has 2 N–H and O–H groups in total. The Morgan fingerprint density at radius 3 is 2.30 bits per heavy atom. The molecule has 0 saturated heterocycles. The van der Waals surface area contributed by atoms with Gasteiger partial charge >= 0.3 is 12.1 Å². The number of halogens is 3. The minimum absolute atomic E-state index is 0.00433. The predicted octanol–water partition coefficient (Wildman–Crippen LogP) is 3.07. The number of aromatic nitrogens is 1. The van der Waals surface area contributed by atoms with E-state index in [-0.39, 0.29) is 10.9 Å². The standard InChI is InChI=1S/C13H10F3NO3/c1-5-3-6(2)8-7(4-5)17-11(13(14,15)16)9(8)10(18)12(19)20/h3-4,17H,1-2H3,(H,19,20). The number of Topliss-reactive ketones (excluding diaryl/α,β-unsaturated/α-hetero) is 1. The third kappa shape index (κ3) is 2.15. The van der Waals surface area contributed by atoms with Crippen molar-refractivity contribution in [3.05, 3.63) is 34.5 Å². The number of ketones is 1. The molecule has 7 heteroatoms. The lowest BCUT2D eigenvalue weighted by Crippen LogP contribution is -2.18. The van der Waals surface area contributed by atoms with Gasteiger partial charge in [-0.25, -0.2) is 4.79 Å². The maximum atomic E-state index is 13.0. The monoisotopic (exact) mass is 285 g/mol. The molecular weight excluding hydrogens is 275 g/mol. The van der Waals surface area contributed by atoms with Crippen molar-refractivity contribution in [1.29, 1.82) is 0 Å². The molecule has 0 unspecified atom stereocenters. The van der Waals surface area contributed by atoms with E-state index in [2.05, 4.69) is 4.98 Å². The molecule has 1 aromatic carbocycles. The number of carboxylic acid groups (broad SMARTS) is 1. The molecule has 106 valence electrons. The van der Waals surface area contributed by atoms with Crippen LogP contribution in [0, 0.1) is 13.8 Å². The number of aliphatic carboxylic acids is 1. The number of benzene rings is 1. The Morgan fingerprint density at radius 1 is 1.20 bits per heavy atom. The lowest BCUT2D eigenvalue weighted by Gasteiger charge is -2.06. The summed E-state index contributed by atoms with van der Waals surface area (Å²) in [6, 6.07) is 3.03. The topological polar surface area (TPSA) is 70.2 Å². The molecule has 0 bridgehead atoms. The summed E-state index contributed by atoms with van der Waals surface area (Å²) in [6.07, 6.45) is -4.83. The summed E-state index contributed by atoms with van der Waals surface area (Å²) < 4.78 is 38.9. The van der Waals surface area contributed by atoms with Gasteiger partial charge in [0.15, 0.2) is 0 Å². The van der Waals surface area contributed by atoms with Crippen molar-refractivity contribution in [3.63, 3.8) is 0 Å². The van der Waals surface area contributed by atoms with Gasteiger partial charge in [-0.1, -0.05) is 6.07 Å². The molecule has 0 aliphatic heterocycles. The first-order valence-electron chi connectivity index (χ1n) is 5.60. The van der Waals surface area contributed by atoms with Crippen LogP contribution in [0.1, 0.15) is 27.2 Å². The Labute approximate surface area is 111 Å². The summed E-state index contributed by atoms with van der Waals surface area (Å²) in [5.74, 6) is -3.49. The lowest BCUT2D eigenvalue weighted by molar-refractivity contribution is -0.141. The average molecular weight is 285 g/mol. The number of H-pyrrole nitrogens is 1. The van der Waals surface area contributed by atoms with Crippen LogP contribution in [0.15, 0.2) is 12.1 Å². The lowest BCUT2D eigenvalue weighted by atomic mass is 10.0. The zero-order valence-corrected chi connectivity index (χ0v) is 10.6.